The molecule has 2 amide bonds. The average molecular weight is 432 g/mol. The second-order valence-corrected chi connectivity index (χ2v) is 8.40. The van der Waals surface area contributed by atoms with Crippen LogP contribution >= 0.6 is 0 Å². The number of aryl methyl sites for hydroxylation is 2. The lowest BCUT2D eigenvalue weighted by molar-refractivity contribution is -0.133. The summed E-state index contributed by atoms with van der Waals surface area (Å²) >= 11 is 0. The Morgan fingerprint density at radius 2 is 1.62 bits per heavy atom. The highest BCUT2D eigenvalue weighted by Gasteiger charge is 2.26. The minimum Gasteiger partial charge on any atom is -0.353 e. The lowest BCUT2D eigenvalue weighted by Crippen LogP contribution is -2.46. The van der Waals surface area contributed by atoms with Gasteiger partial charge >= 0.3 is 0 Å². The van der Waals surface area contributed by atoms with Gasteiger partial charge in [0.15, 0.2) is 0 Å². The van der Waals surface area contributed by atoms with E-state index in [4.69, 9.17) is 0 Å². The van der Waals surface area contributed by atoms with Crippen LogP contribution in [0.25, 0.3) is 0 Å². The fourth-order valence-corrected chi connectivity index (χ4v) is 3.65. The van der Waals surface area contributed by atoms with E-state index in [9.17, 15) is 9.59 Å². The number of hydrogen-bond acceptors (Lipinski definition) is 2. The van der Waals surface area contributed by atoms with E-state index >= 15 is 0 Å². The van der Waals surface area contributed by atoms with E-state index in [-0.39, 0.29) is 24.4 Å². The molecule has 3 aromatic rings. The Bertz CT molecular complexity index is 1020. The molecule has 0 aliphatic heterocycles. The van der Waals surface area contributed by atoms with Crippen molar-refractivity contribution < 1.29 is 9.59 Å². The zero-order valence-electron chi connectivity index (χ0n) is 19.5. The fraction of sp³-hybridized carbons (Fsp3) is 0.333. The molecule has 5 nitrogen and oxygen atoms in total. The van der Waals surface area contributed by atoms with Gasteiger partial charge in [-0.15, -0.1) is 0 Å². The molecule has 1 atom stereocenters. The Labute approximate surface area is 191 Å². The number of rotatable bonds is 9. The van der Waals surface area contributed by atoms with E-state index in [0.717, 1.165) is 23.2 Å². The summed E-state index contributed by atoms with van der Waals surface area (Å²) in [5.41, 5.74) is 3.83. The molecule has 0 fully saturated rings. The SMILES string of the molecule is CCC(C)N(CC(=O)N(Cc1ccccc1)Cc1cccn1C)C(=O)c1ccc(C)cc1. The lowest BCUT2D eigenvalue weighted by atomic mass is 10.1. The molecule has 2 aromatic carbocycles. The van der Waals surface area contributed by atoms with E-state index < -0.39 is 0 Å². The molecular formula is C27H33N3O2. The number of carbonyl (C=O) groups excluding carboxylic acids is 2. The third-order valence-electron chi connectivity index (χ3n) is 5.96. The molecule has 1 unspecified atom stereocenters. The first kappa shape index (κ1) is 23.3. The molecule has 0 radical (unpaired) electrons. The summed E-state index contributed by atoms with van der Waals surface area (Å²) in [6, 6.07) is 21.5. The lowest BCUT2D eigenvalue weighted by Gasteiger charge is -2.31. The molecule has 1 aromatic heterocycles. The van der Waals surface area contributed by atoms with Gasteiger partial charge in [0.05, 0.1) is 6.54 Å². The van der Waals surface area contributed by atoms with Crippen molar-refractivity contribution >= 4 is 11.8 Å². The maximum atomic E-state index is 13.5. The molecule has 0 saturated heterocycles. The summed E-state index contributed by atoms with van der Waals surface area (Å²) in [7, 11) is 1.98. The molecule has 168 valence electrons. The molecule has 0 spiro atoms. The molecule has 0 bridgehead atoms. The van der Waals surface area contributed by atoms with Crippen LogP contribution in [-0.2, 0) is 24.9 Å². The monoisotopic (exact) mass is 431 g/mol. The van der Waals surface area contributed by atoms with Gasteiger partial charge in [0, 0.05) is 37.1 Å². The van der Waals surface area contributed by atoms with Crippen LogP contribution in [0.5, 0.6) is 0 Å². The Morgan fingerprint density at radius 3 is 2.22 bits per heavy atom. The second-order valence-electron chi connectivity index (χ2n) is 8.40. The van der Waals surface area contributed by atoms with Gasteiger partial charge in [-0.25, -0.2) is 0 Å². The van der Waals surface area contributed by atoms with Crippen LogP contribution in [0.4, 0.5) is 0 Å². The third-order valence-corrected chi connectivity index (χ3v) is 5.96. The second kappa shape index (κ2) is 10.8. The Balaban J connectivity index is 1.84. The number of nitrogens with zero attached hydrogens (tertiary/aromatic N) is 3. The van der Waals surface area contributed by atoms with Crippen molar-refractivity contribution in [1.29, 1.82) is 0 Å². The first-order valence-electron chi connectivity index (χ1n) is 11.2. The van der Waals surface area contributed by atoms with Crippen molar-refractivity contribution in [3.63, 3.8) is 0 Å². The molecule has 1 heterocycles. The predicted octanol–water partition coefficient (Wildman–Crippen LogP) is 4.80. The summed E-state index contributed by atoms with van der Waals surface area (Å²) in [4.78, 5) is 30.4. The molecule has 0 N–H and O–H groups in total. The molecule has 3 rings (SSSR count). The highest BCUT2D eigenvalue weighted by atomic mass is 16.2. The minimum absolute atomic E-state index is 0.0404. The van der Waals surface area contributed by atoms with Gasteiger partial charge in [0.25, 0.3) is 5.91 Å². The maximum Gasteiger partial charge on any atom is 0.254 e. The third kappa shape index (κ3) is 5.88. The number of benzene rings is 2. The minimum atomic E-state index is -0.105. The molecule has 0 saturated carbocycles. The summed E-state index contributed by atoms with van der Waals surface area (Å²) in [6.07, 6.45) is 2.76. The van der Waals surface area contributed by atoms with Gasteiger partial charge in [-0.2, -0.15) is 0 Å². The van der Waals surface area contributed by atoms with Gasteiger partial charge in [-0.3, -0.25) is 9.59 Å². The van der Waals surface area contributed by atoms with Gasteiger partial charge in [-0.05, 0) is 50.1 Å². The average Bonchev–Trinajstić information content (AvgIpc) is 3.21. The highest BCUT2D eigenvalue weighted by molar-refractivity contribution is 5.96. The van der Waals surface area contributed by atoms with Gasteiger partial charge in [0.2, 0.25) is 5.91 Å². The highest BCUT2D eigenvalue weighted by Crippen LogP contribution is 2.15. The van der Waals surface area contributed by atoms with Crippen molar-refractivity contribution in [2.45, 2.75) is 46.3 Å². The van der Waals surface area contributed by atoms with Crippen LogP contribution in [0.2, 0.25) is 0 Å². The van der Waals surface area contributed by atoms with E-state index in [1.807, 2.05) is 110 Å². The maximum absolute atomic E-state index is 13.5. The number of amides is 2. The van der Waals surface area contributed by atoms with Crippen LogP contribution in [0.15, 0.2) is 72.9 Å². The quantitative estimate of drug-likeness (QED) is 0.488. The van der Waals surface area contributed by atoms with Gasteiger partial charge < -0.3 is 14.4 Å². The topological polar surface area (TPSA) is 45.6 Å². The normalized spacial score (nSPS) is 11.8. The van der Waals surface area contributed by atoms with Crippen LogP contribution < -0.4 is 0 Å². The fourth-order valence-electron chi connectivity index (χ4n) is 3.65. The molecular weight excluding hydrogens is 398 g/mol. The number of carbonyl (C=O) groups is 2. The van der Waals surface area contributed by atoms with Crippen molar-refractivity contribution in [2.24, 2.45) is 7.05 Å². The molecule has 0 aliphatic carbocycles. The first-order valence-corrected chi connectivity index (χ1v) is 11.2. The Morgan fingerprint density at radius 1 is 0.938 bits per heavy atom. The molecule has 5 heteroatoms. The Hall–Kier alpha value is -3.34. The van der Waals surface area contributed by atoms with Crippen LogP contribution in [-0.4, -0.2) is 38.8 Å². The summed E-state index contributed by atoms with van der Waals surface area (Å²) in [5, 5.41) is 0. The van der Waals surface area contributed by atoms with E-state index in [2.05, 4.69) is 0 Å². The molecule has 0 aliphatic rings. The van der Waals surface area contributed by atoms with Crippen molar-refractivity contribution in [3.05, 3.63) is 95.3 Å². The summed E-state index contributed by atoms with van der Waals surface area (Å²) < 4.78 is 2.02. The van der Waals surface area contributed by atoms with E-state index in [1.165, 1.54) is 0 Å². The predicted molar refractivity (Wildman–Crippen MR) is 128 cm³/mol. The standard InChI is InChI=1S/C27H33N3O2/c1-5-22(3)30(27(32)24-15-13-21(2)14-16-24)20-26(31)29(18-23-10-7-6-8-11-23)19-25-12-9-17-28(25)4/h6-17,22H,5,18-20H2,1-4H3. The molecule has 32 heavy (non-hydrogen) atoms. The van der Waals surface area contributed by atoms with Crippen molar-refractivity contribution in [2.75, 3.05) is 6.54 Å². The Kier molecular flexibility index (Phi) is 7.87. The number of hydrogen-bond donors (Lipinski definition) is 0. The van der Waals surface area contributed by atoms with Crippen LogP contribution in [0.3, 0.4) is 0 Å². The zero-order valence-corrected chi connectivity index (χ0v) is 19.5. The first-order chi connectivity index (χ1) is 15.4. The summed E-state index contributed by atoms with van der Waals surface area (Å²) in [5.74, 6) is -0.165. The zero-order chi connectivity index (χ0) is 23.1. The largest absolute Gasteiger partial charge is 0.353 e. The van der Waals surface area contributed by atoms with Crippen molar-refractivity contribution in [1.82, 2.24) is 14.4 Å². The summed E-state index contributed by atoms with van der Waals surface area (Å²) in [6.45, 7) is 7.07. The smallest absolute Gasteiger partial charge is 0.254 e. The van der Waals surface area contributed by atoms with Gasteiger partial charge in [-0.1, -0.05) is 55.0 Å². The van der Waals surface area contributed by atoms with Crippen molar-refractivity contribution in [3.8, 4) is 0 Å². The van der Waals surface area contributed by atoms with Crippen LogP contribution in [0, 0.1) is 6.92 Å². The number of aromatic nitrogens is 1. The van der Waals surface area contributed by atoms with E-state index in [1.54, 1.807) is 4.90 Å². The van der Waals surface area contributed by atoms with Gasteiger partial charge in [0.1, 0.15) is 6.54 Å². The van der Waals surface area contributed by atoms with E-state index in [0.29, 0.717) is 18.7 Å². The van der Waals surface area contributed by atoms with Crippen LogP contribution in [0.1, 0.15) is 47.4 Å².